The van der Waals surface area contributed by atoms with Gasteiger partial charge in [-0.25, -0.2) is 0 Å². The van der Waals surface area contributed by atoms with E-state index >= 15 is 0 Å². The van der Waals surface area contributed by atoms with Crippen molar-refractivity contribution < 1.29 is 6.51 Å². The van der Waals surface area contributed by atoms with Gasteiger partial charge in [0.1, 0.15) is 0 Å². The zero-order valence-electron chi connectivity index (χ0n) is 6.73. The molecule has 0 aliphatic carbocycles. The number of alkyl halides is 2. The van der Waals surface area contributed by atoms with Gasteiger partial charge >= 0.3 is 83.3 Å². The van der Waals surface area contributed by atoms with Crippen LogP contribution in [0.1, 0.15) is 0 Å². The standard InChI is InChI=1S/C5H3Br2.C5H5.Fe/c6-4-2-1-3-5(4)7;1-2-4-5-3-1;/h1-3H;1-5H;. The van der Waals surface area contributed by atoms with Gasteiger partial charge in [-0.3, -0.25) is 0 Å². The molecular formula is C10H8Br2Fe. The quantitative estimate of drug-likeness (QED) is 0.461. The Kier molecular flexibility index (Phi) is 0.113. The fourth-order valence-corrected chi connectivity index (χ4v) is 114. The third-order valence-electron chi connectivity index (χ3n) is 14.5. The summed E-state index contributed by atoms with van der Waals surface area (Å²) in [6, 6.07) is 0. The second-order valence-corrected chi connectivity index (χ2v) is 36.7. The maximum atomic E-state index is 4.34. The third-order valence-corrected chi connectivity index (χ3v) is 72.1. The molecule has 4 unspecified atom stereocenters. The fraction of sp³-hybridized carbons (Fsp3) is 1.00. The van der Waals surface area contributed by atoms with Crippen LogP contribution < -0.4 is 0 Å². The molecule has 10 saturated heterocycles. The zero-order valence-corrected chi connectivity index (χ0v) is 11.0. The van der Waals surface area contributed by atoms with E-state index in [-0.39, 0.29) is 0 Å². The van der Waals surface area contributed by atoms with Crippen LogP contribution in [-0.4, -0.2) is 6.45 Å². The van der Waals surface area contributed by atoms with Gasteiger partial charge in [-0.15, -0.1) is 0 Å². The van der Waals surface area contributed by atoms with E-state index in [9.17, 15) is 0 Å². The molecular weight excluding hydrogens is 336 g/mol. The van der Waals surface area contributed by atoms with Gasteiger partial charge in [0.2, 0.25) is 0 Å². The van der Waals surface area contributed by atoms with E-state index in [1.807, 2.05) is 0 Å². The molecule has 0 N–H and O–H groups in total. The van der Waals surface area contributed by atoms with Crippen LogP contribution in [0.25, 0.3) is 0 Å². The van der Waals surface area contributed by atoms with Crippen molar-refractivity contribution in [3.63, 3.8) is 0 Å². The molecule has 0 aromatic heterocycles. The summed E-state index contributed by atoms with van der Waals surface area (Å²) in [6.45, 7) is -2.79. The van der Waals surface area contributed by atoms with Crippen LogP contribution in [0.3, 0.4) is 0 Å². The molecule has 10 heterocycles. The number of hydrogen-bond acceptors (Lipinski definition) is 0. The van der Waals surface area contributed by atoms with E-state index in [0.29, 0.717) is 0 Å². The van der Waals surface area contributed by atoms with E-state index in [4.69, 9.17) is 0 Å². The van der Waals surface area contributed by atoms with Crippen molar-refractivity contribution in [2.45, 2.75) is 45.0 Å². The third kappa shape index (κ3) is 0.0340. The fourth-order valence-electron chi connectivity index (χ4n) is 15.9. The molecule has 0 aromatic carbocycles. The SMILES string of the molecule is Br[C]12[CH]3[CH]4[CH]5[C]1(Br)[Fe]43521678[CH]2[CH]1[CH]6[CH]7[CH]28. The van der Waals surface area contributed by atoms with Crippen molar-refractivity contribution in [2.24, 2.45) is 0 Å². The van der Waals surface area contributed by atoms with Gasteiger partial charge in [-0.05, 0) is 0 Å². The first-order chi connectivity index (χ1) is 5.94. The van der Waals surface area contributed by atoms with E-state index in [0.717, 1.165) is 6.45 Å². The average Bonchev–Trinajstić information content (AvgIpc) is 3.02. The molecule has 0 bridgehead atoms. The van der Waals surface area contributed by atoms with E-state index in [1.165, 1.54) is 38.5 Å². The predicted molar refractivity (Wildman–Crippen MR) is 53.3 cm³/mol. The van der Waals surface area contributed by atoms with Crippen molar-refractivity contribution in [3.05, 3.63) is 0 Å². The van der Waals surface area contributed by atoms with Gasteiger partial charge < -0.3 is 0 Å². The van der Waals surface area contributed by atoms with Crippen LogP contribution in [0, 0.1) is 0 Å². The molecule has 0 saturated carbocycles. The van der Waals surface area contributed by atoms with Crippen LogP contribution >= 0.6 is 31.9 Å². The van der Waals surface area contributed by atoms with Gasteiger partial charge in [0, 0.05) is 0 Å². The van der Waals surface area contributed by atoms with E-state index in [1.54, 1.807) is 0 Å². The Balaban J connectivity index is 2.20. The Morgan fingerprint density at radius 1 is 0.692 bits per heavy atom. The van der Waals surface area contributed by atoms with Crippen LogP contribution in [0.2, 0.25) is 38.5 Å². The summed E-state index contributed by atoms with van der Waals surface area (Å²) in [5.41, 5.74) is 0. The van der Waals surface area contributed by atoms with Crippen molar-refractivity contribution in [3.8, 4) is 0 Å². The zero-order chi connectivity index (χ0) is 7.94. The minimum atomic E-state index is -2.79. The molecule has 3 heteroatoms. The Labute approximate surface area is 82.7 Å². The molecule has 10 rings (SSSR count). The Hall–Kier alpha value is 1.48. The molecule has 10 aliphatic heterocycles. The van der Waals surface area contributed by atoms with E-state index < -0.39 is 6.51 Å². The van der Waals surface area contributed by atoms with Gasteiger partial charge in [-0.1, -0.05) is 0 Å². The second-order valence-electron chi connectivity index (χ2n) is 9.57. The van der Waals surface area contributed by atoms with Gasteiger partial charge in [0.05, 0.1) is 0 Å². The molecule has 13 heavy (non-hydrogen) atoms. The molecule has 0 amide bonds. The van der Waals surface area contributed by atoms with Crippen LogP contribution in [0.4, 0.5) is 0 Å². The van der Waals surface area contributed by atoms with Gasteiger partial charge in [0.15, 0.2) is 0 Å². The summed E-state index contributed by atoms with van der Waals surface area (Å²) < 4.78 is 1.72. The minimum absolute atomic E-state index is 0.860. The molecule has 0 aromatic rings. The topological polar surface area (TPSA) is 0 Å². The van der Waals surface area contributed by atoms with Crippen molar-refractivity contribution in [2.75, 3.05) is 0 Å². The first kappa shape index (κ1) is 4.77. The van der Waals surface area contributed by atoms with Crippen molar-refractivity contribution in [1.29, 1.82) is 0 Å². The number of hydrogen-bond donors (Lipinski definition) is 0. The summed E-state index contributed by atoms with van der Waals surface area (Å²) in [5, 5.41) is 0. The van der Waals surface area contributed by atoms with Crippen molar-refractivity contribution in [1.82, 2.24) is 0 Å². The monoisotopic (exact) mass is 342 g/mol. The molecule has 4 atom stereocenters. The molecule has 0 radical (unpaired) electrons. The number of halogens is 2. The average molecular weight is 344 g/mol. The maximum absolute atomic E-state index is 4.34. The van der Waals surface area contributed by atoms with Crippen LogP contribution in [-0.2, 0) is 6.51 Å². The Bertz CT molecular complexity index is 822. The van der Waals surface area contributed by atoms with Gasteiger partial charge in [-0.2, -0.15) is 0 Å². The number of rotatable bonds is 0. The summed E-state index contributed by atoms with van der Waals surface area (Å²) in [7, 11) is 0. The van der Waals surface area contributed by atoms with Crippen LogP contribution in [0.5, 0.6) is 0 Å². The summed E-state index contributed by atoms with van der Waals surface area (Å²) in [6.07, 6.45) is 0. The molecule has 0 nitrogen and oxygen atoms in total. The molecule has 10 fully saturated rings. The first-order valence-corrected chi connectivity index (χ1v) is 13.3. The predicted octanol–water partition coefficient (Wildman–Crippen LogP) is 3.98. The van der Waals surface area contributed by atoms with Gasteiger partial charge in [0.25, 0.3) is 0 Å². The summed E-state index contributed by atoms with van der Waals surface area (Å²) in [5.74, 6) is 0. The first-order valence-electron chi connectivity index (χ1n) is 5.53. The molecule has 1 spiro atoms. The van der Waals surface area contributed by atoms with Crippen molar-refractivity contribution >= 4 is 31.9 Å². The molecule has 10 aliphatic rings. The second kappa shape index (κ2) is 0.309. The van der Waals surface area contributed by atoms with Crippen LogP contribution in [0.15, 0.2) is 0 Å². The number of fused-ring (bicyclic) bond motifs is 10. The normalized spacial score (nSPS) is 158. The van der Waals surface area contributed by atoms with E-state index in [2.05, 4.69) is 31.9 Å². The summed E-state index contributed by atoms with van der Waals surface area (Å²) >= 11 is 8.68. The summed E-state index contributed by atoms with van der Waals surface area (Å²) in [4.78, 5) is 11.4. The Morgan fingerprint density at radius 2 is 1.08 bits per heavy atom. The Morgan fingerprint density at radius 3 is 1.08 bits per heavy atom. The molecule has 70 valence electrons.